The van der Waals surface area contributed by atoms with Gasteiger partial charge in [-0.1, -0.05) is 70.6 Å². The molecule has 11 aliphatic rings. The van der Waals surface area contributed by atoms with Gasteiger partial charge in [0.1, 0.15) is 0 Å². The van der Waals surface area contributed by atoms with E-state index in [1.165, 1.54) is 173 Å². The van der Waals surface area contributed by atoms with Crippen LogP contribution in [-0.2, 0) is 9.47 Å². The molecule has 0 amide bonds. The quantitative estimate of drug-likeness (QED) is 0.281. The van der Waals surface area contributed by atoms with Crippen molar-refractivity contribution in [2.75, 3.05) is 0 Å². The minimum atomic E-state index is 0.543. The second-order valence-corrected chi connectivity index (χ2v) is 23.0. The van der Waals surface area contributed by atoms with Crippen LogP contribution in [0.3, 0.4) is 0 Å². The minimum absolute atomic E-state index is 0.543. The van der Waals surface area contributed by atoms with Crippen LogP contribution in [0.25, 0.3) is 0 Å². The summed E-state index contributed by atoms with van der Waals surface area (Å²) in [6, 6.07) is 2.36. The molecule has 292 valence electrons. The molecule has 4 heteroatoms. The number of nitrogens with zero attached hydrogens (tertiary/aromatic N) is 1. The third-order valence-corrected chi connectivity index (χ3v) is 21.3. The molecule has 14 unspecified atom stereocenters. The molecule has 0 N–H and O–H groups in total. The Morgan fingerprint density at radius 1 is 0.346 bits per heavy atom. The van der Waals surface area contributed by atoms with Crippen molar-refractivity contribution < 1.29 is 9.47 Å². The molecule has 3 saturated heterocycles. The molecule has 0 aromatic rings. The predicted octanol–water partition coefficient (Wildman–Crippen LogP) is 12.0. The Balaban J connectivity index is 0.829. The molecule has 0 radical (unpaired) electrons. The van der Waals surface area contributed by atoms with E-state index in [4.69, 9.17) is 9.47 Å². The van der Waals surface area contributed by atoms with Gasteiger partial charge >= 0.3 is 0 Å². The van der Waals surface area contributed by atoms with Gasteiger partial charge < -0.3 is 9.47 Å². The number of hydrogen-bond acceptors (Lipinski definition) is 4. The molecule has 11 rings (SSSR count). The lowest BCUT2D eigenvalue weighted by Crippen LogP contribution is -2.58. The Kier molecular flexibility index (Phi) is 10.3. The number of ether oxygens (including phenoxy) is 2. The minimum Gasteiger partial charge on any atom is -0.374 e. The van der Waals surface area contributed by atoms with Gasteiger partial charge in [-0.15, -0.1) is 0 Å². The number of thioether (sulfide) groups is 1. The van der Waals surface area contributed by atoms with E-state index in [0.29, 0.717) is 30.5 Å². The van der Waals surface area contributed by atoms with Crippen molar-refractivity contribution in [3.05, 3.63) is 0 Å². The zero-order chi connectivity index (χ0) is 34.2. The summed E-state index contributed by atoms with van der Waals surface area (Å²) >= 11 is 2.45. The van der Waals surface area contributed by atoms with Crippen molar-refractivity contribution in [1.29, 1.82) is 0 Å². The smallest absolute Gasteiger partial charge is 0.0766 e. The second-order valence-electron chi connectivity index (χ2n) is 21.5. The van der Waals surface area contributed by atoms with Crippen LogP contribution in [0.15, 0.2) is 0 Å². The van der Waals surface area contributed by atoms with Crippen molar-refractivity contribution in [2.45, 2.75) is 239 Å². The normalized spacial score (nSPS) is 53.7. The van der Waals surface area contributed by atoms with Gasteiger partial charge in [0.15, 0.2) is 0 Å². The zero-order valence-electron chi connectivity index (χ0n) is 33.1. The SMILES string of the molecule is C1CCC(C2CCC(N(C3CCC(C4CCCC5OC6CCCCC6C54)CC3)C3CCCC4C5CCC6SC7CCCCC7C6C5OC43)CC2)CC1. The van der Waals surface area contributed by atoms with Gasteiger partial charge in [0.2, 0.25) is 0 Å². The van der Waals surface area contributed by atoms with Gasteiger partial charge in [-0.25, -0.2) is 0 Å². The summed E-state index contributed by atoms with van der Waals surface area (Å²) in [5.41, 5.74) is 0. The highest BCUT2D eigenvalue weighted by Crippen LogP contribution is 2.61. The third-order valence-electron chi connectivity index (χ3n) is 19.5. The first-order chi connectivity index (χ1) is 25.8. The maximum absolute atomic E-state index is 7.77. The van der Waals surface area contributed by atoms with Gasteiger partial charge in [0, 0.05) is 34.5 Å². The van der Waals surface area contributed by atoms with Gasteiger partial charge in [-0.3, -0.25) is 4.90 Å². The summed E-state index contributed by atoms with van der Waals surface area (Å²) in [7, 11) is 0. The van der Waals surface area contributed by atoms with E-state index in [1.807, 2.05) is 0 Å². The van der Waals surface area contributed by atoms with E-state index in [-0.39, 0.29) is 0 Å². The molecule has 8 saturated carbocycles. The average Bonchev–Trinajstić information content (AvgIpc) is 3.90. The molecule has 52 heavy (non-hydrogen) atoms. The van der Waals surface area contributed by atoms with E-state index in [2.05, 4.69) is 16.7 Å². The van der Waals surface area contributed by atoms with Crippen LogP contribution in [0.2, 0.25) is 0 Å². The molecular weight excluding hydrogens is 655 g/mol. The molecule has 0 aromatic carbocycles. The van der Waals surface area contributed by atoms with Crippen LogP contribution in [0, 0.1) is 59.2 Å². The summed E-state index contributed by atoms with van der Waals surface area (Å²) in [5.74, 6) is 9.45. The number of hydrogen-bond donors (Lipinski definition) is 0. The second kappa shape index (κ2) is 15.2. The first-order valence-electron chi connectivity index (χ1n) is 24.5. The van der Waals surface area contributed by atoms with E-state index < -0.39 is 0 Å². The van der Waals surface area contributed by atoms with Crippen LogP contribution in [0.5, 0.6) is 0 Å². The third kappa shape index (κ3) is 6.28. The van der Waals surface area contributed by atoms with E-state index in [1.54, 1.807) is 12.8 Å². The maximum Gasteiger partial charge on any atom is 0.0766 e. The fourth-order valence-electron chi connectivity index (χ4n) is 17.4. The lowest BCUT2D eigenvalue weighted by atomic mass is 9.61. The zero-order valence-corrected chi connectivity index (χ0v) is 34.0. The Labute approximate surface area is 323 Å². The fraction of sp³-hybridized carbons (Fsp3) is 1.00. The van der Waals surface area contributed by atoms with Crippen LogP contribution in [0.4, 0.5) is 0 Å². The molecule has 3 nitrogen and oxygen atoms in total. The highest BCUT2D eigenvalue weighted by Gasteiger charge is 2.61. The largest absolute Gasteiger partial charge is 0.374 e. The van der Waals surface area contributed by atoms with Crippen molar-refractivity contribution in [3.63, 3.8) is 0 Å². The van der Waals surface area contributed by atoms with Crippen molar-refractivity contribution in [1.82, 2.24) is 4.90 Å². The molecule has 3 heterocycles. The Hall–Kier alpha value is 0.230. The van der Waals surface area contributed by atoms with Crippen molar-refractivity contribution in [2.24, 2.45) is 59.2 Å². The molecular formula is C48H77NO2S. The molecule has 11 fully saturated rings. The van der Waals surface area contributed by atoms with Gasteiger partial charge in [-0.2, -0.15) is 11.8 Å². The number of rotatable bonds is 5. The van der Waals surface area contributed by atoms with E-state index >= 15 is 0 Å². The molecule has 3 aliphatic heterocycles. The summed E-state index contributed by atoms with van der Waals surface area (Å²) in [5, 5.41) is 1.89. The predicted molar refractivity (Wildman–Crippen MR) is 214 cm³/mol. The van der Waals surface area contributed by atoms with Gasteiger partial charge in [0.25, 0.3) is 0 Å². The maximum atomic E-state index is 7.77. The topological polar surface area (TPSA) is 21.7 Å². The fourth-order valence-corrected chi connectivity index (χ4v) is 19.5. The van der Waals surface area contributed by atoms with E-state index in [9.17, 15) is 0 Å². The van der Waals surface area contributed by atoms with Gasteiger partial charge in [-0.05, 0) is 169 Å². The first kappa shape index (κ1) is 35.4. The molecule has 0 aromatic heterocycles. The highest BCUT2D eigenvalue weighted by molar-refractivity contribution is 8.00. The number of fused-ring (bicyclic) bond motifs is 10. The van der Waals surface area contributed by atoms with Gasteiger partial charge in [0.05, 0.1) is 24.4 Å². The summed E-state index contributed by atoms with van der Waals surface area (Å²) in [6.45, 7) is 0. The molecule has 14 atom stereocenters. The summed E-state index contributed by atoms with van der Waals surface area (Å²) in [6.07, 6.45) is 45.5. The molecule has 0 bridgehead atoms. The van der Waals surface area contributed by atoms with Crippen LogP contribution in [-0.4, -0.2) is 57.9 Å². The lowest BCUT2D eigenvalue weighted by Gasteiger charge is -2.52. The summed E-state index contributed by atoms with van der Waals surface area (Å²) < 4.78 is 14.6. The molecule has 8 aliphatic carbocycles. The highest BCUT2D eigenvalue weighted by atomic mass is 32.2. The average molecular weight is 732 g/mol. The van der Waals surface area contributed by atoms with Crippen LogP contribution >= 0.6 is 11.8 Å². The monoisotopic (exact) mass is 732 g/mol. The Morgan fingerprint density at radius 2 is 0.962 bits per heavy atom. The summed E-state index contributed by atoms with van der Waals surface area (Å²) in [4.78, 5) is 3.34. The Morgan fingerprint density at radius 3 is 1.79 bits per heavy atom. The standard InChI is InChI=1S/C48H77NO2S/c1-2-10-30(11-3-1)31-20-24-33(25-21-31)49(34-26-22-32(23-27-34)35-14-9-18-42-45(35)38-12-4-6-17-41(38)50-42)40-16-8-15-36-37-28-29-44-46(48(37)51-47(36)40)39-13-5-7-19-43(39)52-44/h30-48H,1-29H2. The lowest BCUT2D eigenvalue weighted by molar-refractivity contribution is -0.0995. The van der Waals surface area contributed by atoms with Crippen molar-refractivity contribution in [3.8, 4) is 0 Å². The molecule has 0 spiro atoms. The van der Waals surface area contributed by atoms with Crippen LogP contribution in [0.1, 0.15) is 186 Å². The van der Waals surface area contributed by atoms with Crippen molar-refractivity contribution >= 4 is 11.8 Å². The first-order valence-corrected chi connectivity index (χ1v) is 25.5. The van der Waals surface area contributed by atoms with E-state index in [0.717, 1.165) is 81.8 Å². The van der Waals surface area contributed by atoms with Crippen LogP contribution < -0.4 is 0 Å². The Bertz CT molecular complexity index is 1200.